The zero-order valence-electron chi connectivity index (χ0n) is 16.6. The van der Waals surface area contributed by atoms with Crippen molar-refractivity contribution in [3.63, 3.8) is 0 Å². The fraction of sp³-hybridized carbons (Fsp3) is 0.273. The predicted octanol–water partition coefficient (Wildman–Crippen LogP) is 2.55. The Balaban J connectivity index is 1.45. The summed E-state index contributed by atoms with van der Waals surface area (Å²) in [5.41, 5.74) is 2.32. The average molecular weight is 409 g/mol. The second-order valence-electron chi connectivity index (χ2n) is 7.49. The van der Waals surface area contributed by atoms with Crippen LogP contribution in [-0.4, -0.2) is 27.8 Å². The molecule has 0 saturated carbocycles. The van der Waals surface area contributed by atoms with Gasteiger partial charge in [0.2, 0.25) is 5.91 Å². The van der Waals surface area contributed by atoms with E-state index >= 15 is 0 Å². The summed E-state index contributed by atoms with van der Waals surface area (Å²) in [6, 6.07) is 9.45. The molecule has 8 heteroatoms. The number of anilines is 1. The van der Waals surface area contributed by atoms with E-state index in [-0.39, 0.29) is 36.7 Å². The van der Waals surface area contributed by atoms with Crippen molar-refractivity contribution in [2.24, 2.45) is 5.92 Å². The van der Waals surface area contributed by atoms with Crippen LogP contribution in [0.5, 0.6) is 0 Å². The van der Waals surface area contributed by atoms with Crippen LogP contribution < -0.4 is 10.5 Å². The normalized spacial score (nSPS) is 16.3. The van der Waals surface area contributed by atoms with Crippen LogP contribution in [0.3, 0.4) is 0 Å². The molecule has 1 saturated heterocycles. The van der Waals surface area contributed by atoms with E-state index < -0.39 is 17.7 Å². The third-order valence-corrected chi connectivity index (χ3v) is 5.08. The molecule has 30 heavy (non-hydrogen) atoms. The highest BCUT2D eigenvalue weighted by atomic mass is 19.1. The van der Waals surface area contributed by atoms with E-state index in [0.717, 1.165) is 11.1 Å². The number of benzene rings is 1. The van der Waals surface area contributed by atoms with Crippen molar-refractivity contribution >= 4 is 23.2 Å². The van der Waals surface area contributed by atoms with Crippen LogP contribution in [0.4, 0.5) is 10.1 Å². The Kier molecular flexibility index (Phi) is 5.07. The van der Waals surface area contributed by atoms with Gasteiger partial charge in [-0.15, -0.1) is 0 Å². The molecular weight excluding hydrogens is 389 g/mol. The van der Waals surface area contributed by atoms with Gasteiger partial charge in [-0.1, -0.05) is 12.1 Å². The number of aryl methyl sites for hydroxylation is 2. The molecule has 0 N–H and O–H groups in total. The van der Waals surface area contributed by atoms with Crippen LogP contribution in [0, 0.1) is 25.6 Å². The van der Waals surface area contributed by atoms with Crippen molar-refractivity contribution in [1.29, 1.82) is 0 Å². The van der Waals surface area contributed by atoms with Crippen molar-refractivity contribution < 1.29 is 18.7 Å². The monoisotopic (exact) mass is 409 g/mol. The minimum atomic E-state index is -0.706. The zero-order valence-corrected chi connectivity index (χ0v) is 16.6. The molecule has 0 aliphatic carbocycles. The molecule has 0 bridgehead atoms. The Morgan fingerprint density at radius 1 is 1.17 bits per heavy atom. The molecule has 1 fully saturated rings. The number of amides is 1. The van der Waals surface area contributed by atoms with Gasteiger partial charge in [-0.2, -0.15) is 0 Å². The fourth-order valence-corrected chi connectivity index (χ4v) is 3.52. The first-order valence-corrected chi connectivity index (χ1v) is 9.54. The predicted molar refractivity (Wildman–Crippen MR) is 108 cm³/mol. The Morgan fingerprint density at radius 3 is 2.70 bits per heavy atom. The van der Waals surface area contributed by atoms with E-state index in [4.69, 9.17) is 4.74 Å². The quantitative estimate of drug-likeness (QED) is 0.619. The lowest BCUT2D eigenvalue weighted by Gasteiger charge is -2.17. The summed E-state index contributed by atoms with van der Waals surface area (Å²) in [5, 5.41) is 0. The Hall–Kier alpha value is -3.55. The number of ether oxygens (including phenoxy) is 1. The summed E-state index contributed by atoms with van der Waals surface area (Å²) in [7, 11) is 0. The summed E-state index contributed by atoms with van der Waals surface area (Å²) in [5.74, 6) is -2.13. The number of hydrogen-bond acceptors (Lipinski definition) is 5. The van der Waals surface area contributed by atoms with E-state index in [1.165, 1.54) is 27.5 Å². The van der Waals surface area contributed by atoms with Gasteiger partial charge in [0, 0.05) is 25.2 Å². The van der Waals surface area contributed by atoms with Crippen LogP contribution in [0.2, 0.25) is 0 Å². The van der Waals surface area contributed by atoms with Crippen LogP contribution >= 0.6 is 0 Å². The van der Waals surface area contributed by atoms with Gasteiger partial charge >= 0.3 is 5.97 Å². The molecule has 1 aliphatic rings. The number of rotatable bonds is 4. The molecule has 0 radical (unpaired) electrons. The number of carbonyl (C=O) groups is 2. The van der Waals surface area contributed by atoms with Gasteiger partial charge in [-0.25, -0.2) is 9.37 Å². The highest BCUT2D eigenvalue weighted by Crippen LogP contribution is 2.28. The zero-order chi connectivity index (χ0) is 21.4. The van der Waals surface area contributed by atoms with Crippen LogP contribution in [0.25, 0.3) is 5.65 Å². The molecule has 1 aliphatic heterocycles. The summed E-state index contributed by atoms with van der Waals surface area (Å²) >= 11 is 0. The topological polar surface area (TPSA) is 81.0 Å². The van der Waals surface area contributed by atoms with Crippen molar-refractivity contribution in [1.82, 2.24) is 9.38 Å². The minimum absolute atomic E-state index is 0.0464. The summed E-state index contributed by atoms with van der Waals surface area (Å²) in [4.78, 5) is 42.6. The largest absolute Gasteiger partial charge is 0.459 e. The summed E-state index contributed by atoms with van der Waals surface area (Å²) in [6.45, 7) is 3.50. The van der Waals surface area contributed by atoms with Crippen LogP contribution in [0.1, 0.15) is 23.2 Å². The third kappa shape index (κ3) is 3.80. The van der Waals surface area contributed by atoms with Gasteiger partial charge in [0.1, 0.15) is 18.1 Å². The Labute approximate surface area is 171 Å². The SMILES string of the molecule is Cc1ccc(N2CC(C(=O)OCc3cc(=O)n4cc(C)ccc4n3)CC2=O)c(F)c1. The highest BCUT2D eigenvalue weighted by molar-refractivity contribution is 5.99. The summed E-state index contributed by atoms with van der Waals surface area (Å²) in [6.07, 6.45) is 1.63. The molecule has 1 unspecified atom stereocenters. The first-order valence-electron chi connectivity index (χ1n) is 9.54. The maximum Gasteiger partial charge on any atom is 0.311 e. The second kappa shape index (κ2) is 7.70. The summed E-state index contributed by atoms with van der Waals surface area (Å²) < 4.78 is 20.9. The van der Waals surface area contributed by atoms with E-state index in [9.17, 15) is 18.8 Å². The number of carbonyl (C=O) groups excluding carboxylic acids is 2. The molecule has 2 aromatic heterocycles. The van der Waals surface area contributed by atoms with Crippen molar-refractivity contribution in [2.75, 3.05) is 11.4 Å². The molecule has 1 atom stereocenters. The number of pyridine rings is 1. The number of aromatic nitrogens is 2. The second-order valence-corrected chi connectivity index (χ2v) is 7.49. The van der Waals surface area contributed by atoms with Crippen molar-refractivity contribution in [2.45, 2.75) is 26.9 Å². The lowest BCUT2D eigenvalue weighted by atomic mass is 10.1. The number of hydrogen-bond donors (Lipinski definition) is 0. The minimum Gasteiger partial charge on any atom is -0.459 e. The van der Waals surface area contributed by atoms with Gasteiger partial charge in [0.15, 0.2) is 0 Å². The van der Waals surface area contributed by atoms with Crippen LogP contribution in [-0.2, 0) is 20.9 Å². The number of fused-ring (bicyclic) bond motifs is 1. The Bertz CT molecular complexity index is 1220. The van der Waals surface area contributed by atoms with Gasteiger partial charge in [0.25, 0.3) is 5.56 Å². The smallest absolute Gasteiger partial charge is 0.311 e. The number of esters is 1. The standard InChI is InChI=1S/C22H20FN3O4/c1-13-3-5-18(17(23)7-13)25-11-15(8-20(25)27)22(29)30-12-16-9-21(28)26-10-14(2)4-6-19(26)24-16/h3-7,9-10,15H,8,11-12H2,1-2H3. The van der Waals surface area contributed by atoms with Gasteiger partial charge < -0.3 is 9.64 Å². The lowest BCUT2D eigenvalue weighted by molar-refractivity contribution is -0.149. The lowest BCUT2D eigenvalue weighted by Crippen LogP contribution is -2.27. The molecular formula is C22H20FN3O4. The first kappa shape index (κ1) is 19.8. The molecule has 3 heterocycles. The molecule has 0 spiro atoms. The highest BCUT2D eigenvalue weighted by Gasteiger charge is 2.37. The number of halogens is 1. The number of nitrogens with zero attached hydrogens (tertiary/aromatic N) is 3. The maximum atomic E-state index is 14.2. The van der Waals surface area contributed by atoms with Gasteiger partial charge in [-0.3, -0.25) is 18.8 Å². The van der Waals surface area contributed by atoms with E-state index in [2.05, 4.69) is 4.98 Å². The molecule has 1 aromatic carbocycles. The molecule has 1 amide bonds. The van der Waals surface area contributed by atoms with Crippen molar-refractivity contribution in [3.05, 3.63) is 75.6 Å². The first-order chi connectivity index (χ1) is 14.3. The van der Waals surface area contributed by atoms with Crippen LogP contribution in [0.15, 0.2) is 47.4 Å². The average Bonchev–Trinajstić information content (AvgIpc) is 3.08. The molecule has 154 valence electrons. The van der Waals surface area contributed by atoms with E-state index in [1.807, 2.05) is 13.0 Å². The van der Waals surface area contributed by atoms with Gasteiger partial charge in [-0.05, 0) is 43.2 Å². The van der Waals surface area contributed by atoms with Gasteiger partial charge in [0.05, 0.1) is 17.3 Å². The Morgan fingerprint density at radius 2 is 1.93 bits per heavy atom. The van der Waals surface area contributed by atoms with E-state index in [0.29, 0.717) is 11.3 Å². The fourth-order valence-electron chi connectivity index (χ4n) is 3.52. The molecule has 4 rings (SSSR count). The third-order valence-electron chi connectivity index (χ3n) is 5.08. The van der Waals surface area contributed by atoms with Crippen molar-refractivity contribution in [3.8, 4) is 0 Å². The van der Waals surface area contributed by atoms with E-state index in [1.54, 1.807) is 25.3 Å². The molecule has 3 aromatic rings. The maximum absolute atomic E-state index is 14.2. The molecule has 7 nitrogen and oxygen atoms in total.